The zero-order chi connectivity index (χ0) is 15.4. The van der Waals surface area contributed by atoms with Crippen LogP contribution in [0.4, 0.5) is 0 Å². The largest absolute Gasteiger partial charge is 0.481 e. The van der Waals surface area contributed by atoms with E-state index in [2.05, 4.69) is 15.0 Å². The van der Waals surface area contributed by atoms with Crippen LogP contribution in [0.5, 0.6) is 5.88 Å². The minimum absolute atomic E-state index is 0.460. The van der Waals surface area contributed by atoms with Crippen LogP contribution < -0.4 is 4.74 Å². The Morgan fingerprint density at radius 3 is 2.67 bits per heavy atom. The molecule has 21 heavy (non-hydrogen) atoms. The first-order chi connectivity index (χ1) is 10.2. The quantitative estimate of drug-likeness (QED) is 0.676. The monoisotopic (exact) mass is 304 g/mol. The molecular weight excluding hydrogens is 288 g/mol. The van der Waals surface area contributed by atoms with Crippen LogP contribution in [-0.4, -0.2) is 26.6 Å². The van der Waals surface area contributed by atoms with Gasteiger partial charge in [0.25, 0.3) is 0 Å². The Hall–Kier alpha value is -2.14. The van der Waals surface area contributed by atoms with Crippen molar-refractivity contribution in [1.82, 2.24) is 19.5 Å². The second-order valence-electron chi connectivity index (χ2n) is 4.10. The van der Waals surface area contributed by atoms with Crippen LogP contribution in [0.15, 0.2) is 30.9 Å². The summed E-state index contributed by atoms with van der Waals surface area (Å²) in [5, 5.41) is 1.32. The number of aryl methyl sites for hydroxylation is 1. The normalized spacial score (nSPS) is 10.1. The number of halogens is 1. The van der Waals surface area contributed by atoms with Crippen molar-refractivity contribution in [3.63, 3.8) is 0 Å². The molecule has 0 aliphatic carbocycles. The van der Waals surface area contributed by atoms with Gasteiger partial charge in [-0.25, -0.2) is 15.0 Å². The number of fused-ring (bicyclic) bond motifs is 1. The van der Waals surface area contributed by atoms with Crippen LogP contribution in [-0.2, 0) is 0 Å². The number of ether oxygens (including phenoxy) is 1. The molecule has 0 saturated heterocycles. The van der Waals surface area contributed by atoms with Crippen molar-refractivity contribution in [2.45, 2.75) is 20.8 Å². The molecule has 5 nitrogen and oxygen atoms in total. The molecule has 0 radical (unpaired) electrons. The average molecular weight is 305 g/mol. The summed E-state index contributed by atoms with van der Waals surface area (Å²) in [5.41, 5.74) is 2.71. The van der Waals surface area contributed by atoms with Gasteiger partial charge in [0.05, 0.1) is 18.2 Å². The molecule has 3 rings (SSSR count). The molecule has 0 unspecified atom stereocenters. The summed E-state index contributed by atoms with van der Waals surface area (Å²) in [4.78, 5) is 12.4. The number of nitrogens with zero attached hydrogens (tertiary/aromatic N) is 4. The van der Waals surface area contributed by atoms with Gasteiger partial charge in [-0.2, -0.15) is 0 Å². The molecule has 3 aromatic rings. The summed E-state index contributed by atoms with van der Waals surface area (Å²) in [6.45, 7) is 5.98. The van der Waals surface area contributed by atoms with Gasteiger partial charge in [-0.05, 0) is 18.6 Å². The molecule has 0 bridgehead atoms. The Morgan fingerprint density at radius 2 is 1.95 bits per heavy atom. The Kier molecular flexibility index (Phi) is 4.75. The Bertz CT molecular complexity index is 755. The molecule has 0 aromatic carbocycles. The Morgan fingerprint density at radius 1 is 1.19 bits per heavy atom. The number of hydrogen-bond acceptors (Lipinski definition) is 4. The number of pyridine rings is 1. The zero-order valence-corrected chi connectivity index (χ0v) is 13.2. The van der Waals surface area contributed by atoms with Gasteiger partial charge in [0.2, 0.25) is 5.88 Å². The van der Waals surface area contributed by atoms with Crippen molar-refractivity contribution < 1.29 is 4.74 Å². The molecule has 3 aromatic heterocycles. The number of aromatic nitrogens is 4. The third-order valence-corrected chi connectivity index (χ3v) is 3.22. The summed E-state index contributed by atoms with van der Waals surface area (Å²) >= 11 is 6.12. The van der Waals surface area contributed by atoms with E-state index in [4.69, 9.17) is 16.3 Å². The van der Waals surface area contributed by atoms with Crippen molar-refractivity contribution in [2.24, 2.45) is 0 Å². The highest BCUT2D eigenvalue weighted by Crippen LogP contribution is 2.27. The van der Waals surface area contributed by atoms with Gasteiger partial charge in [-0.1, -0.05) is 25.4 Å². The maximum atomic E-state index is 6.12. The first-order valence-corrected chi connectivity index (χ1v) is 7.07. The minimum atomic E-state index is 0.460. The van der Waals surface area contributed by atoms with Gasteiger partial charge in [0, 0.05) is 18.5 Å². The number of methoxy groups -OCH3 is 1. The molecule has 0 fully saturated rings. The summed E-state index contributed by atoms with van der Waals surface area (Å²) in [7, 11) is 1.59. The summed E-state index contributed by atoms with van der Waals surface area (Å²) < 4.78 is 7.08. The fourth-order valence-corrected chi connectivity index (χ4v) is 2.33. The van der Waals surface area contributed by atoms with E-state index in [1.54, 1.807) is 13.3 Å². The standard InChI is InChI=1S/C13H11ClN4O.C2H6/c1-8-6-18(9-3-4-15-10(5-9)19-2)13-11(8)12(14)16-7-17-13;1-2/h3-7H,1-2H3;1-2H3. The van der Waals surface area contributed by atoms with Gasteiger partial charge in [-0.3, -0.25) is 0 Å². The van der Waals surface area contributed by atoms with Gasteiger partial charge < -0.3 is 9.30 Å². The maximum Gasteiger partial charge on any atom is 0.215 e. The number of rotatable bonds is 2. The Balaban J connectivity index is 0.000000774. The molecule has 0 amide bonds. The second kappa shape index (κ2) is 6.54. The molecule has 0 saturated carbocycles. The molecule has 6 heteroatoms. The van der Waals surface area contributed by atoms with Crippen LogP contribution in [0.2, 0.25) is 5.15 Å². The first kappa shape index (κ1) is 15.3. The van der Waals surface area contributed by atoms with E-state index in [-0.39, 0.29) is 0 Å². The lowest BCUT2D eigenvalue weighted by Gasteiger charge is -2.06. The van der Waals surface area contributed by atoms with E-state index in [1.165, 1.54) is 6.33 Å². The van der Waals surface area contributed by atoms with E-state index < -0.39 is 0 Å². The molecule has 0 atom stereocenters. The van der Waals surface area contributed by atoms with Gasteiger partial charge >= 0.3 is 0 Å². The van der Waals surface area contributed by atoms with Crippen LogP contribution in [0.1, 0.15) is 19.4 Å². The van der Waals surface area contributed by atoms with Crippen LogP contribution >= 0.6 is 11.6 Å². The second-order valence-corrected chi connectivity index (χ2v) is 4.46. The van der Waals surface area contributed by atoms with E-state index in [9.17, 15) is 0 Å². The smallest absolute Gasteiger partial charge is 0.215 e. The molecule has 0 aliphatic rings. The van der Waals surface area contributed by atoms with Crippen molar-refractivity contribution in [3.05, 3.63) is 41.6 Å². The van der Waals surface area contributed by atoms with Crippen LogP contribution in [0.25, 0.3) is 16.7 Å². The summed E-state index contributed by atoms with van der Waals surface area (Å²) in [5.74, 6) is 0.553. The lowest BCUT2D eigenvalue weighted by atomic mass is 10.3. The van der Waals surface area contributed by atoms with Crippen molar-refractivity contribution in [2.75, 3.05) is 7.11 Å². The molecule has 0 N–H and O–H groups in total. The third-order valence-electron chi connectivity index (χ3n) is 2.93. The number of hydrogen-bond donors (Lipinski definition) is 0. The fraction of sp³-hybridized carbons (Fsp3) is 0.267. The van der Waals surface area contributed by atoms with E-state index in [0.717, 1.165) is 22.3 Å². The molecule has 110 valence electrons. The zero-order valence-electron chi connectivity index (χ0n) is 12.5. The molecule has 0 aliphatic heterocycles. The lowest BCUT2D eigenvalue weighted by Crippen LogP contribution is -1.96. The maximum absolute atomic E-state index is 6.12. The summed E-state index contributed by atoms with van der Waals surface area (Å²) in [6, 6.07) is 3.73. The van der Waals surface area contributed by atoms with Gasteiger partial charge in [0.1, 0.15) is 17.1 Å². The summed E-state index contributed by atoms with van der Waals surface area (Å²) in [6.07, 6.45) is 5.12. The third kappa shape index (κ3) is 2.83. The van der Waals surface area contributed by atoms with Crippen molar-refractivity contribution in [1.29, 1.82) is 0 Å². The highest BCUT2D eigenvalue weighted by Gasteiger charge is 2.12. The van der Waals surface area contributed by atoms with Gasteiger partial charge in [0.15, 0.2) is 0 Å². The van der Waals surface area contributed by atoms with Crippen LogP contribution in [0.3, 0.4) is 0 Å². The predicted octanol–water partition coefficient (Wildman–Crippen LogP) is 3.81. The van der Waals surface area contributed by atoms with Gasteiger partial charge in [-0.15, -0.1) is 0 Å². The highest BCUT2D eigenvalue weighted by molar-refractivity contribution is 6.34. The van der Waals surface area contributed by atoms with E-state index >= 15 is 0 Å². The molecule has 0 spiro atoms. The SMILES string of the molecule is CC.COc1cc(-n2cc(C)c3c(Cl)ncnc32)ccn1. The Labute approximate surface area is 128 Å². The molecular formula is C15H17ClN4O. The lowest BCUT2D eigenvalue weighted by molar-refractivity contribution is 0.397. The average Bonchev–Trinajstić information content (AvgIpc) is 2.88. The first-order valence-electron chi connectivity index (χ1n) is 6.69. The van der Waals surface area contributed by atoms with Crippen LogP contribution in [0, 0.1) is 6.92 Å². The predicted molar refractivity (Wildman–Crippen MR) is 84.3 cm³/mol. The minimum Gasteiger partial charge on any atom is -0.481 e. The van der Waals surface area contributed by atoms with Crippen molar-refractivity contribution >= 4 is 22.6 Å². The van der Waals surface area contributed by atoms with Crippen molar-refractivity contribution in [3.8, 4) is 11.6 Å². The molecule has 3 heterocycles. The topological polar surface area (TPSA) is 52.8 Å². The van der Waals surface area contributed by atoms with E-state index in [0.29, 0.717) is 11.0 Å². The fourth-order valence-electron chi connectivity index (χ4n) is 2.05. The highest BCUT2D eigenvalue weighted by atomic mass is 35.5. The van der Waals surface area contributed by atoms with E-state index in [1.807, 2.05) is 43.7 Å².